The first-order valence-corrected chi connectivity index (χ1v) is 7.96. The van der Waals surface area contributed by atoms with Gasteiger partial charge in [-0.3, -0.25) is 9.88 Å². The average molecular weight is 296 g/mol. The Kier molecular flexibility index (Phi) is 4.39. The molecule has 0 saturated heterocycles. The molecule has 0 atom stereocenters. The van der Waals surface area contributed by atoms with E-state index in [1.807, 2.05) is 30.7 Å². The molecule has 116 valence electrons. The third-order valence-corrected chi connectivity index (χ3v) is 4.50. The van der Waals surface area contributed by atoms with Gasteiger partial charge < -0.3 is 4.90 Å². The van der Waals surface area contributed by atoms with Crippen LogP contribution >= 0.6 is 0 Å². The Balaban J connectivity index is 1.81. The summed E-state index contributed by atoms with van der Waals surface area (Å²) in [6.45, 7) is 7.35. The second kappa shape index (κ2) is 6.44. The summed E-state index contributed by atoms with van der Waals surface area (Å²) in [5.74, 6) is 1.05. The number of aromatic nitrogens is 2. The van der Waals surface area contributed by atoms with Crippen LogP contribution in [0.25, 0.3) is 0 Å². The molecule has 1 aliphatic rings. The molecule has 0 spiro atoms. The van der Waals surface area contributed by atoms with Crippen LogP contribution < -0.4 is 4.90 Å². The Labute approximate surface area is 132 Å². The Morgan fingerprint density at radius 3 is 2.86 bits per heavy atom. The largest absolute Gasteiger partial charge is 0.352 e. The van der Waals surface area contributed by atoms with Crippen LogP contribution in [0.4, 0.5) is 5.82 Å². The summed E-state index contributed by atoms with van der Waals surface area (Å²) in [5.41, 5.74) is 4.19. The highest BCUT2D eigenvalue weighted by Gasteiger charge is 2.20. The molecule has 0 bridgehead atoms. The van der Waals surface area contributed by atoms with E-state index in [9.17, 15) is 0 Å². The Hall–Kier alpha value is -1.94. The molecule has 4 heteroatoms. The van der Waals surface area contributed by atoms with Gasteiger partial charge in [0.2, 0.25) is 0 Å². The summed E-state index contributed by atoms with van der Waals surface area (Å²) in [6, 6.07) is 6.63. The van der Waals surface area contributed by atoms with Crippen LogP contribution in [0.1, 0.15) is 30.5 Å². The Bertz CT molecular complexity index is 624. The van der Waals surface area contributed by atoms with E-state index in [0.717, 1.165) is 31.9 Å². The minimum atomic E-state index is 0.546. The topological polar surface area (TPSA) is 32.3 Å². The van der Waals surface area contributed by atoms with Gasteiger partial charge >= 0.3 is 0 Å². The van der Waals surface area contributed by atoms with Crippen LogP contribution in [0.15, 0.2) is 36.8 Å². The molecular formula is C18H24N4. The smallest absolute Gasteiger partial charge is 0.128 e. The highest BCUT2D eigenvalue weighted by Crippen LogP contribution is 2.25. The van der Waals surface area contributed by atoms with Gasteiger partial charge in [-0.05, 0) is 56.1 Å². The van der Waals surface area contributed by atoms with E-state index in [2.05, 4.69) is 46.7 Å². The van der Waals surface area contributed by atoms with E-state index >= 15 is 0 Å². The van der Waals surface area contributed by atoms with Crippen LogP contribution in [0.5, 0.6) is 0 Å². The molecule has 0 amide bonds. The van der Waals surface area contributed by atoms with Gasteiger partial charge in [0.05, 0.1) is 0 Å². The van der Waals surface area contributed by atoms with Crippen molar-refractivity contribution in [3.05, 3.63) is 53.5 Å². The summed E-state index contributed by atoms with van der Waals surface area (Å²) >= 11 is 0. The van der Waals surface area contributed by atoms with E-state index < -0.39 is 0 Å². The SMILES string of the molecule is CC(C)N(C)Cc1cncc2c1CCN(c1ccccn1)C2. The first kappa shape index (κ1) is 15.0. The molecule has 0 unspecified atom stereocenters. The Morgan fingerprint density at radius 1 is 1.27 bits per heavy atom. The number of hydrogen-bond acceptors (Lipinski definition) is 4. The van der Waals surface area contributed by atoms with Gasteiger partial charge in [0.15, 0.2) is 0 Å². The molecule has 2 aromatic rings. The van der Waals surface area contributed by atoms with Crippen molar-refractivity contribution in [2.24, 2.45) is 0 Å². The highest BCUT2D eigenvalue weighted by atomic mass is 15.2. The maximum absolute atomic E-state index is 4.47. The lowest BCUT2D eigenvalue weighted by atomic mass is 9.96. The van der Waals surface area contributed by atoms with E-state index in [-0.39, 0.29) is 0 Å². The zero-order chi connectivity index (χ0) is 15.5. The molecule has 4 nitrogen and oxygen atoms in total. The monoisotopic (exact) mass is 296 g/mol. The van der Waals surface area contributed by atoms with Crippen molar-refractivity contribution in [1.29, 1.82) is 0 Å². The molecule has 0 fully saturated rings. The minimum Gasteiger partial charge on any atom is -0.352 e. The van der Waals surface area contributed by atoms with E-state index in [4.69, 9.17) is 0 Å². The number of fused-ring (bicyclic) bond motifs is 1. The number of anilines is 1. The minimum absolute atomic E-state index is 0.546. The molecule has 0 saturated carbocycles. The maximum Gasteiger partial charge on any atom is 0.128 e. The van der Waals surface area contributed by atoms with E-state index in [0.29, 0.717) is 6.04 Å². The van der Waals surface area contributed by atoms with Crippen LogP contribution in [-0.4, -0.2) is 34.5 Å². The van der Waals surface area contributed by atoms with Gasteiger partial charge in [0.25, 0.3) is 0 Å². The second-order valence-corrected chi connectivity index (χ2v) is 6.30. The zero-order valence-corrected chi connectivity index (χ0v) is 13.7. The van der Waals surface area contributed by atoms with Crippen molar-refractivity contribution in [1.82, 2.24) is 14.9 Å². The molecular weight excluding hydrogens is 272 g/mol. The Morgan fingerprint density at radius 2 is 2.14 bits per heavy atom. The molecule has 0 aliphatic carbocycles. The number of rotatable bonds is 4. The lowest BCUT2D eigenvalue weighted by Crippen LogP contribution is -2.33. The van der Waals surface area contributed by atoms with Crippen molar-refractivity contribution in [3.8, 4) is 0 Å². The highest BCUT2D eigenvalue weighted by molar-refractivity contribution is 5.45. The summed E-state index contributed by atoms with van der Waals surface area (Å²) in [6.07, 6.45) is 6.98. The number of hydrogen-bond donors (Lipinski definition) is 0. The number of pyridine rings is 2. The van der Waals surface area contributed by atoms with Gasteiger partial charge in [-0.25, -0.2) is 4.98 Å². The van der Waals surface area contributed by atoms with Crippen molar-refractivity contribution >= 4 is 5.82 Å². The van der Waals surface area contributed by atoms with Crippen LogP contribution in [-0.2, 0) is 19.5 Å². The van der Waals surface area contributed by atoms with E-state index in [1.54, 1.807) is 0 Å². The third kappa shape index (κ3) is 3.12. The summed E-state index contributed by atoms with van der Waals surface area (Å²) in [5, 5.41) is 0. The zero-order valence-electron chi connectivity index (χ0n) is 13.7. The van der Waals surface area contributed by atoms with Gasteiger partial charge in [-0.2, -0.15) is 0 Å². The lowest BCUT2D eigenvalue weighted by Gasteiger charge is -2.31. The molecule has 0 radical (unpaired) electrons. The fraction of sp³-hybridized carbons (Fsp3) is 0.444. The van der Waals surface area contributed by atoms with Gasteiger partial charge in [0.1, 0.15) is 5.82 Å². The summed E-state index contributed by atoms with van der Waals surface area (Å²) < 4.78 is 0. The normalized spacial score (nSPS) is 14.5. The predicted molar refractivity (Wildman–Crippen MR) is 89.8 cm³/mol. The van der Waals surface area contributed by atoms with Gasteiger partial charge in [-0.15, -0.1) is 0 Å². The molecule has 3 heterocycles. The van der Waals surface area contributed by atoms with Gasteiger partial charge in [0, 0.05) is 44.3 Å². The third-order valence-electron chi connectivity index (χ3n) is 4.50. The van der Waals surface area contributed by atoms with Crippen LogP contribution in [0.3, 0.4) is 0 Å². The van der Waals surface area contributed by atoms with Crippen molar-refractivity contribution in [3.63, 3.8) is 0 Å². The maximum atomic E-state index is 4.47. The predicted octanol–water partition coefficient (Wildman–Crippen LogP) is 2.88. The van der Waals surface area contributed by atoms with Crippen molar-refractivity contribution < 1.29 is 0 Å². The second-order valence-electron chi connectivity index (χ2n) is 6.30. The van der Waals surface area contributed by atoms with Crippen molar-refractivity contribution in [2.45, 2.75) is 39.4 Å². The molecule has 0 N–H and O–H groups in total. The fourth-order valence-corrected chi connectivity index (χ4v) is 2.89. The van der Waals surface area contributed by atoms with Crippen LogP contribution in [0.2, 0.25) is 0 Å². The first-order valence-electron chi connectivity index (χ1n) is 7.96. The lowest BCUT2D eigenvalue weighted by molar-refractivity contribution is 0.264. The molecule has 0 aromatic carbocycles. The molecule has 1 aliphatic heterocycles. The molecule has 2 aromatic heterocycles. The average Bonchev–Trinajstić information content (AvgIpc) is 2.55. The summed E-state index contributed by atoms with van der Waals surface area (Å²) in [7, 11) is 2.17. The number of nitrogens with zero attached hydrogens (tertiary/aromatic N) is 4. The molecule has 22 heavy (non-hydrogen) atoms. The first-order chi connectivity index (χ1) is 10.6. The van der Waals surface area contributed by atoms with Crippen LogP contribution in [0, 0.1) is 0 Å². The van der Waals surface area contributed by atoms with E-state index in [1.165, 1.54) is 16.7 Å². The van der Waals surface area contributed by atoms with Gasteiger partial charge in [-0.1, -0.05) is 6.07 Å². The standard InChI is InChI=1S/C18H24N4/c1-14(2)21(3)12-15-10-19-11-16-13-22(9-7-17(15)16)18-6-4-5-8-20-18/h4-6,8,10-11,14H,7,9,12-13H2,1-3H3. The van der Waals surface area contributed by atoms with Crippen molar-refractivity contribution in [2.75, 3.05) is 18.5 Å². The fourth-order valence-electron chi connectivity index (χ4n) is 2.89. The molecule has 3 rings (SSSR count). The summed E-state index contributed by atoms with van der Waals surface area (Å²) in [4.78, 5) is 13.6. The quantitative estimate of drug-likeness (QED) is 0.868.